The highest BCUT2D eigenvalue weighted by Gasteiger charge is 2.53. The third-order valence-corrected chi connectivity index (χ3v) is 13.8. The van der Waals surface area contributed by atoms with Crippen molar-refractivity contribution >= 4 is 13.5 Å². The molecule has 0 saturated carbocycles. The number of nitrogens with zero attached hydrogens (tertiary/aromatic N) is 5. The van der Waals surface area contributed by atoms with Gasteiger partial charge in [0.25, 0.3) is 13.1 Å². The summed E-state index contributed by atoms with van der Waals surface area (Å²) in [5.41, 5.74) is -1.82. The van der Waals surface area contributed by atoms with Crippen LogP contribution >= 0.6 is 7.52 Å². The molecule has 1 fully saturated rings. The number of benzene rings is 3. The number of hydrogen-bond acceptors (Lipinski definition) is 13. The molecule has 17 heteroatoms. The Kier molecular flexibility index (Phi) is 16.5. The maximum Gasteiger partial charge on any atom is 0.335 e. The summed E-state index contributed by atoms with van der Waals surface area (Å²) < 4.78 is 62.4. The highest BCUT2D eigenvalue weighted by Crippen LogP contribution is 2.57. The van der Waals surface area contributed by atoms with Gasteiger partial charge in [-0.1, -0.05) is 54.6 Å². The van der Waals surface area contributed by atoms with E-state index in [1.165, 1.54) is 6.20 Å². The predicted octanol–water partition coefficient (Wildman–Crippen LogP) is 7.00. The maximum absolute atomic E-state index is 15.5. The highest BCUT2D eigenvalue weighted by molar-refractivity contribution is 7.56. The first-order valence-corrected chi connectivity index (χ1v) is 22.8. The molecule has 4 aromatic rings. The van der Waals surface area contributed by atoms with Crippen molar-refractivity contribution < 1.29 is 42.3 Å². The molecule has 1 saturated heterocycles. The first kappa shape index (κ1) is 49.4. The lowest BCUT2D eigenvalue weighted by molar-refractivity contribution is -0.157. The third-order valence-electron chi connectivity index (χ3n) is 10.8. The fraction of sp³-hybridized carbons (Fsp3) is 0.468. The molecule has 342 valence electrons. The normalized spacial score (nSPS) is 18.7. The number of esters is 1. The van der Waals surface area contributed by atoms with Crippen LogP contribution in [0.3, 0.4) is 0 Å². The minimum Gasteiger partial charge on any atom is -0.497 e. The van der Waals surface area contributed by atoms with E-state index < -0.39 is 73.6 Å². The van der Waals surface area contributed by atoms with Crippen molar-refractivity contribution in [3.05, 3.63) is 129 Å². The van der Waals surface area contributed by atoms with Crippen LogP contribution in [0.5, 0.6) is 11.5 Å². The van der Waals surface area contributed by atoms with Crippen molar-refractivity contribution in [2.24, 2.45) is 5.41 Å². The molecule has 1 aliphatic heterocycles. The van der Waals surface area contributed by atoms with Gasteiger partial charge in [-0.3, -0.25) is 18.7 Å². The summed E-state index contributed by atoms with van der Waals surface area (Å²) in [5.74, 6) is 0.582. The fourth-order valence-electron chi connectivity index (χ4n) is 7.87. The average molecular weight is 900 g/mol. The summed E-state index contributed by atoms with van der Waals surface area (Å²) in [7, 11) is -0.827. The molecular formula is C47H58N5O11P. The Balaban J connectivity index is 1.73. The third kappa shape index (κ3) is 10.8. The van der Waals surface area contributed by atoms with Gasteiger partial charge < -0.3 is 32.9 Å². The van der Waals surface area contributed by atoms with Gasteiger partial charge in [0, 0.05) is 30.8 Å². The van der Waals surface area contributed by atoms with Gasteiger partial charge in [-0.15, -0.1) is 0 Å². The topological polar surface area (TPSA) is 194 Å². The number of rotatable bonds is 20. The van der Waals surface area contributed by atoms with Crippen LogP contribution in [-0.2, 0) is 45.2 Å². The van der Waals surface area contributed by atoms with E-state index in [1.54, 1.807) is 39.7 Å². The van der Waals surface area contributed by atoms with Crippen molar-refractivity contribution in [3.63, 3.8) is 0 Å². The molecule has 16 nitrogen and oxygen atoms in total. The summed E-state index contributed by atoms with van der Waals surface area (Å²) in [4.78, 5) is 40.2. The molecule has 0 bridgehead atoms. The van der Waals surface area contributed by atoms with E-state index in [-0.39, 0.29) is 31.3 Å². The molecule has 1 aliphatic rings. The molecule has 5 rings (SSSR count). The first-order chi connectivity index (χ1) is 30.4. The van der Waals surface area contributed by atoms with Gasteiger partial charge in [-0.05, 0) is 89.4 Å². The van der Waals surface area contributed by atoms with Gasteiger partial charge in [-0.2, -0.15) is 10.5 Å². The van der Waals surface area contributed by atoms with Crippen LogP contribution in [0.25, 0.3) is 0 Å². The molecule has 0 amide bonds. The van der Waals surface area contributed by atoms with E-state index in [0.717, 1.165) is 20.8 Å². The van der Waals surface area contributed by atoms with Crippen LogP contribution in [0, 0.1) is 28.1 Å². The van der Waals surface area contributed by atoms with E-state index >= 15 is 4.57 Å². The fourth-order valence-corrected chi connectivity index (χ4v) is 10.7. The largest absolute Gasteiger partial charge is 0.497 e. The van der Waals surface area contributed by atoms with E-state index in [4.69, 9.17) is 32.9 Å². The van der Waals surface area contributed by atoms with Gasteiger partial charge in [-0.25, -0.2) is 14.0 Å². The van der Waals surface area contributed by atoms with Crippen molar-refractivity contribution in [3.8, 4) is 23.6 Å². The monoisotopic (exact) mass is 899 g/mol. The Morgan fingerprint density at radius 1 is 0.828 bits per heavy atom. The number of aromatic nitrogens is 2. The second kappa shape index (κ2) is 21.4. The molecule has 3 aromatic carbocycles. The number of carbonyl (C=O) groups is 1. The number of nitriles is 2. The van der Waals surface area contributed by atoms with Crippen molar-refractivity contribution in [1.82, 2.24) is 13.8 Å². The molecule has 5 atom stereocenters. The molecule has 1 aromatic heterocycles. The molecule has 1 unspecified atom stereocenters. The van der Waals surface area contributed by atoms with E-state index in [1.807, 2.05) is 113 Å². The summed E-state index contributed by atoms with van der Waals surface area (Å²) in [6.45, 7) is 10.9. The zero-order valence-corrected chi connectivity index (χ0v) is 38.7. The van der Waals surface area contributed by atoms with Crippen LogP contribution in [0.4, 0.5) is 0 Å². The molecule has 0 spiro atoms. The Morgan fingerprint density at radius 2 is 1.39 bits per heavy atom. The SMILES string of the molecule is COc1ccc(C(OC[C@H]2O[C@@H](n3ccc(=O)n(COC(=O)C(C)(C)C)c3=O)[C@H](OCC#N)[C@@H]2OP(=O)(CCC#N)N(C(C)C)C(C)C)(c2ccccc2)c2ccc(OC)cc2)cc1. The molecule has 2 heterocycles. The number of ether oxygens (including phenoxy) is 6. The molecule has 64 heavy (non-hydrogen) atoms. The standard InChI is InChI=1S/C47H58N5O11P/c1-32(2)52(33(3)4)64(56,29-13-25-48)63-41-39(62-43(42(41)59-28-26-49)50-27-24-40(53)51(45(50)55)31-60-44(54)46(5,6)7)30-61-47(34-14-11-10-12-15-34,35-16-20-37(57-8)21-17-35)36-18-22-38(58-9)23-19-36/h10-12,14-24,27,32-33,39,41-43H,13,28-31H2,1-9H3/t39-,41-,42-,43-,64?/m1/s1. The summed E-state index contributed by atoms with van der Waals surface area (Å²) in [6, 6.07) is 28.9. The maximum atomic E-state index is 15.5. The molecule has 0 aliphatic carbocycles. The van der Waals surface area contributed by atoms with Crippen LogP contribution in [-0.4, -0.2) is 83.8 Å². The van der Waals surface area contributed by atoms with E-state index in [2.05, 4.69) is 6.07 Å². The minimum atomic E-state index is -3.97. The minimum absolute atomic E-state index is 0.112. The zero-order valence-electron chi connectivity index (χ0n) is 37.8. The lowest BCUT2D eigenvalue weighted by atomic mass is 9.80. The quantitative estimate of drug-likeness (QED) is 0.0500. The Morgan fingerprint density at radius 3 is 1.89 bits per heavy atom. The Hall–Kier alpha value is -5.58. The smallest absolute Gasteiger partial charge is 0.335 e. The van der Waals surface area contributed by atoms with Crippen LogP contribution in [0.1, 0.15) is 77.8 Å². The molecule has 0 N–H and O–H groups in total. The van der Waals surface area contributed by atoms with Crippen molar-refractivity contribution in [1.29, 1.82) is 10.5 Å². The summed E-state index contributed by atoms with van der Waals surface area (Å²) >= 11 is 0. The summed E-state index contributed by atoms with van der Waals surface area (Å²) in [5, 5.41) is 19.6. The predicted molar refractivity (Wildman–Crippen MR) is 238 cm³/mol. The first-order valence-electron chi connectivity index (χ1n) is 21.0. The second-order valence-corrected chi connectivity index (χ2v) is 19.2. The van der Waals surface area contributed by atoms with Crippen molar-refractivity contribution in [2.75, 3.05) is 33.6 Å². The van der Waals surface area contributed by atoms with Gasteiger partial charge in [0.1, 0.15) is 42.0 Å². The van der Waals surface area contributed by atoms with Gasteiger partial charge in [0.15, 0.2) is 13.0 Å². The van der Waals surface area contributed by atoms with Gasteiger partial charge in [0.2, 0.25) is 0 Å². The van der Waals surface area contributed by atoms with E-state index in [9.17, 15) is 24.9 Å². The zero-order chi connectivity index (χ0) is 46.8. The number of hydrogen-bond donors (Lipinski definition) is 0. The van der Waals surface area contributed by atoms with Crippen molar-refractivity contribution in [2.45, 2.75) is 104 Å². The molecule has 0 radical (unpaired) electrons. The lowest BCUT2D eigenvalue weighted by Gasteiger charge is -2.40. The number of carbonyl (C=O) groups excluding carboxylic acids is 1. The number of methoxy groups -OCH3 is 2. The average Bonchev–Trinajstić information content (AvgIpc) is 3.60. The Labute approximate surface area is 374 Å². The summed E-state index contributed by atoms with van der Waals surface area (Å²) in [6.07, 6.45) is -4.28. The van der Waals surface area contributed by atoms with E-state index in [0.29, 0.717) is 22.6 Å². The highest BCUT2D eigenvalue weighted by atomic mass is 31.2. The Bertz CT molecular complexity index is 2380. The van der Waals surface area contributed by atoms with Crippen LogP contribution < -0.4 is 20.7 Å². The molecular weight excluding hydrogens is 842 g/mol. The lowest BCUT2D eigenvalue weighted by Crippen LogP contribution is -2.46. The van der Waals surface area contributed by atoms with Crippen LogP contribution in [0.15, 0.2) is 101 Å². The second-order valence-electron chi connectivity index (χ2n) is 16.8. The van der Waals surface area contributed by atoms with Gasteiger partial charge >= 0.3 is 11.7 Å². The van der Waals surface area contributed by atoms with Crippen LogP contribution in [0.2, 0.25) is 0 Å². The van der Waals surface area contributed by atoms with Gasteiger partial charge in [0.05, 0.1) is 44.5 Å².